The Morgan fingerprint density at radius 1 is 1.21 bits per heavy atom. The summed E-state index contributed by atoms with van der Waals surface area (Å²) in [5.41, 5.74) is 0.597. The normalized spacial score (nSPS) is 15.1. The number of likely N-dealkylation sites (N-methyl/N-ethyl adjacent to an activating group) is 1. The number of rotatable bonds is 3. The van der Waals surface area contributed by atoms with Crippen molar-refractivity contribution in [1.29, 1.82) is 0 Å². The SMILES string of the molecule is CN(CC(=O)N1CCOCC1)C(=O)c1ccccc1. The van der Waals surface area contributed by atoms with Gasteiger partial charge in [0.15, 0.2) is 0 Å². The lowest BCUT2D eigenvalue weighted by Gasteiger charge is -2.28. The molecule has 1 aliphatic heterocycles. The molecule has 1 aliphatic rings. The molecule has 19 heavy (non-hydrogen) atoms. The van der Waals surface area contributed by atoms with Crippen LogP contribution in [0.15, 0.2) is 30.3 Å². The lowest BCUT2D eigenvalue weighted by molar-refractivity contribution is -0.135. The second-order valence-electron chi connectivity index (χ2n) is 4.52. The predicted molar refractivity (Wildman–Crippen MR) is 70.8 cm³/mol. The molecule has 0 bridgehead atoms. The van der Waals surface area contributed by atoms with E-state index in [-0.39, 0.29) is 18.4 Å². The van der Waals surface area contributed by atoms with Gasteiger partial charge in [-0.15, -0.1) is 0 Å². The van der Waals surface area contributed by atoms with Crippen molar-refractivity contribution in [2.75, 3.05) is 39.9 Å². The molecule has 1 aromatic carbocycles. The molecule has 5 nitrogen and oxygen atoms in total. The summed E-state index contributed by atoms with van der Waals surface area (Å²) >= 11 is 0. The van der Waals surface area contributed by atoms with Crippen LogP contribution in [0.2, 0.25) is 0 Å². The average Bonchev–Trinajstić information content (AvgIpc) is 2.48. The Labute approximate surface area is 112 Å². The Morgan fingerprint density at radius 2 is 1.84 bits per heavy atom. The number of carbonyl (C=O) groups excluding carboxylic acids is 2. The van der Waals surface area contributed by atoms with Crippen molar-refractivity contribution in [2.24, 2.45) is 0 Å². The average molecular weight is 262 g/mol. The van der Waals surface area contributed by atoms with Crippen molar-refractivity contribution in [3.63, 3.8) is 0 Å². The van der Waals surface area contributed by atoms with Crippen LogP contribution < -0.4 is 0 Å². The standard InChI is InChI=1S/C14H18N2O3/c1-15(14(18)12-5-3-2-4-6-12)11-13(17)16-7-9-19-10-8-16/h2-6H,7-11H2,1H3. The fraction of sp³-hybridized carbons (Fsp3) is 0.429. The van der Waals surface area contributed by atoms with Crippen LogP contribution in [0.5, 0.6) is 0 Å². The molecule has 0 atom stereocenters. The Bertz CT molecular complexity index is 441. The van der Waals surface area contributed by atoms with E-state index in [1.807, 2.05) is 18.2 Å². The number of ether oxygens (including phenoxy) is 1. The van der Waals surface area contributed by atoms with E-state index >= 15 is 0 Å². The van der Waals surface area contributed by atoms with Gasteiger partial charge in [0.25, 0.3) is 5.91 Å². The highest BCUT2D eigenvalue weighted by Gasteiger charge is 2.20. The monoisotopic (exact) mass is 262 g/mol. The van der Waals surface area contributed by atoms with Gasteiger partial charge in [-0.2, -0.15) is 0 Å². The van der Waals surface area contributed by atoms with Gasteiger partial charge >= 0.3 is 0 Å². The van der Waals surface area contributed by atoms with Gasteiger partial charge in [0.2, 0.25) is 5.91 Å². The van der Waals surface area contributed by atoms with Crippen molar-refractivity contribution < 1.29 is 14.3 Å². The zero-order valence-corrected chi connectivity index (χ0v) is 11.0. The number of carbonyl (C=O) groups is 2. The van der Waals surface area contributed by atoms with Crippen LogP contribution >= 0.6 is 0 Å². The van der Waals surface area contributed by atoms with Crippen LogP contribution in [0, 0.1) is 0 Å². The molecule has 0 aliphatic carbocycles. The summed E-state index contributed by atoms with van der Waals surface area (Å²) < 4.78 is 5.20. The minimum atomic E-state index is -0.137. The van der Waals surface area contributed by atoms with Gasteiger partial charge in [-0.05, 0) is 12.1 Å². The largest absolute Gasteiger partial charge is 0.378 e. The summed E-state index contributed by atoms with van der Waals surface area (Å²) in [5, 5.41) is 0. The summed E-state index contributed by atoms with van der Waals surface area (Å²) in [6.45, 7) is 2.45. The molecule has 102 valence electrons. The zero-order chi connectivity index (χ0) is 13.7. The maximum absolute atomic E-state index is 12.1. The van der Waals surface area contributed by atoms with E-state index in [4.69, 9.17) is 4.74 Å². The summed E-state index contributed by atoms with van der Waals surface area (Å²) in [4.78, 5) is 27.3. The van der Waals surface area contributed by atoms with Crippen LogP contribution in [0.1, 0.15) is 10.4 Å². The molecule has 0 spiro atoms. The number of nitrogens with zero attached hydrogens (tertiary/aromatic N) is 2. The second-order valence-corrected chi connectivity index (χ2v) is 4.52. The van der Waals surface area contributed by atoms with Crippen molar-refractivity contribution in [1.82, 2.24) is 9.80 Å². The van der Waals surface area contributed by atoms with Crippen LogP contribution in [-0.2, 0) is 9.53 Å². The fourth-order valence-corrected chi connectivity index (χ4v) is 1.99. The quantitative estimate of drug-likeness (QED) is 0.802. The number of amides is 2. The van der Waals surface area contributed by atoms with Gasteiger partial charge < -0.3 is 14.5 Å². The van der Waals surface area contributed by atoms with Gasteiger partial charge in [0, 0.05) is 25.7 Å². The molecule has 0 aromatic heterocycles. The third kappa shape index (κ3) is 3.54. The Hall–Kier alpha value is -1.88. The third-order valence-electron chi connectivity index (χ3n) is 3.10. The molecular weight excluding hydrogens is 244 g/mol. The highest BCUT2D eigenvalue weighted by molar-refractivity contribution is 5.96. The van der Waals surface area contributed by atoms with E-state index in [0.717, 1.165) is 0 Å². The highest BCUT2D eigenvalue weighted by atomic mass is 16.5. The summed E-state index contributed by atoms with van der Waals surface area (Å²) in [6.07, 6.45) is 0. The Balaban J connectivity index is 1.91. The first-order valence-corrected chi connectivity index (χ1v) is 6.34. The van der Waals surface area contributed by atoms with Gasteiger partial charge in [-0.1, -0.05) is 18.2 Å². The Morgan fingerprint density at radius 3 is 2.47 bits per heavy atom. The number of hydrogen-bond donors (Lipinski definition) is 0. The molecule has 2 rings (SSSR count). The van der Waals surface area contributed by atoms with Crippen LogP contribution in [-0.4, -0.2) is 61.5 Å². The predicted octanol–water partition coefficient (Wildman–Crippen LogP) is 0.617. The molecule has 1 saturated heterocycles. The van der Waals surface area contributed by atoms with Gasteiger partial charge in [0.1, 0.15) is 0 Å². The maximum Gasteiger partial charge on any atom is 0.254 e. The van der Waals surface area contributed by atoms with E-state index in [0.29, 0.717) is 31.9 Å². The molecule has 0 saturated carbocycles. The fourth-order valence-electron chi connectivity index (χ4n) is 1.99. The molecule has 0 unspecified atom stereocenters. The molecule has 1 fully saturated rings. The Kier molecular flexibility index (Phi) is 4.52. The first-order chi connectivity index (χ1) is 9.18. The molecule has 5 heteroatoms. The minimum absolute atomic E-state index is 0.0323. The topological polar surface area (TPSA) is 49.9 Å². The summed E-state index contributed by atoms with van der Waals surface area (Å²) in [6, 6.07) is 8.97. The molecule has 2 amide bonds. The molecule has 0 radical (unpaired) electrons. The van der Waals surface area contributed by atoms with E-state index in [2.05, 4.69) is 0 Å². The zero-order valence-electron chi connectivity index (χ0n) is 11.0. The van der Waals surface area contributed by atoms with Crippen molar-refractivity contribution in [3.05, 3.63) is 35.9 Å². The van der Waals surface area contributed by atoms with Gasteiger partial charge in [-0.3, -0.25) is 9.59 Å². The lowest BCUT2D eigenvalue weighted by Crippen LogP contribution is -2.46. The van der Waals surface area contributed by atoms with Crippen molar-refractivity contribution in [3.8, 4) is 0 Å². The molecule has 1 heterocycles. The number of morpholine rings is 1. The van der Waals surface area contributed by atoms with Crippen LogP contribution in [0.25, 0.3) is 0 Å². The maximum atomic E-state index is 12.1. The van der Waals surface area contributed by atoms with Gasteiger partial charge in [-0.25, -0.2) is 0 Å². The molecular formula is C14H18N2O3. The van der Waals surface area contributed by atoms with E-state index < -0.39 is 0 Å². The van der Waals surface area contributed by atoms with Crippen LogP contribution in [0.4, 0.5) is 0 Å². The summed E-state index contributed by atoms with van der Waals surface area (Å²) in [5.74, 6) is -0.169. The van der Waals surface area contributed by atoms with E-state index in [1.165, 1.54) is 4.90 Å². The minimum Gasteiger partial charge on any atom is -0.378 e. The number of benzene rings is 1. The lowest BCUT2D eigenvalue weighted by atomic mass is 10.2. The second kappa shape index (κ2) is 6.33. The summed E-state index contributed by atoms with van der Waals surface area (Å²) in [7, 11) is 1.65. The van der Waals surface area contributed by atoms with Gasteiger partial charge in [0.05, 0.1) is 19.8 Å². The first-order valence-electron chi connectivity index (χ1n) is 6.34. The smallest absolute Gasteiger partial charge is 0.254 e. The molecule has 1 aromatic rings. The van der Waals surface area contributed by atoms with E-state index in [9.17, 15) is 9.59 Å². The first kappa shape index (κ1) is 13.5. The number of hydrogen-bond acceptors (Lipinski definition) is 3. The van der Waals surface area contributed by atoms with Crippen LogP contribution in [0.3, 0.4) is 0 Å². The third-order valence-corrected chi connectivity index (χ3v) is 3.10. The highest BCUT2D eigenvalue weighted by Crippen LogP contribution is 2.04. The van der Waals surface area contributed by atoms with Crippen molar-refractivity contribution in [2.45, 2.75) is 0 Å². The van der Waals surface area contributed by atoms with E-state index in [1.54, 1.807) is 24.1 Å². The van der Waals surface area contributed by atoms with Crippen molar-refractivity contribution >= 4 is 11.8 Å². The molecule has 0 N–H and O–H groups in total.